The van der Waals surface area contributed by atoms with Crippen LogP contribution in [0.15, 0.2) is 0 Å². The van der Waals surface area contributed by atoms with Gasteiger partial charge >= 0.3 is 6.18 Å². The van der Waals surface area contributed by atoms with Crippen LogP contribution in [0.4, 0.5) is 13.2 Å². The Bertz CT molecular complexity index is 232. The van der Waals surface area contributed by atoms with Gasteiger partial charge in [-0.1, -0.05) is 0 Å². The minimum atomic E-state index is -4.13. The third kappa shape index (κ3) is 9.61. The monoisotopic (exact) mass is 222 g/mol. The molecule has 1 atom stereocenters. The molecule has 0 saturated carbocycles. The van der Waals surface area contributed by atoms with Crippen LogP contribution >= 0.6 is 0 Å². The lowest BCUT2D eigenvalue weighted by molar-refractivity contribution is -0.137. The highest BCUT2D eigenvalue weighted by atomic mass is 19.4. The van der Waals surface area contributed by atoms with Gasteiger partial charge in [0.2, 0.25) is 0 Å². The molecule has 4 heteroatoms. The Morgan fingerprint density at radius 3 is 2.20 bits per heavy atom. The Hall–Kier alpha value is -0.690. The van der Waals surface area contributed by atoms with E-state index in [4.69, 9.17) is 0 Å². The predicted octanol–water partition coefficient (Wildman–Crippen LogP) is 3.27. The van der Waals surface area contributed by atoms with Crippen molar-refractivity contribution < 1.29 is 18.3 Å². The fourth-order valence-electron chi connectivity index (χ4n) is 1.25. The summed E-state index contributed by atoms with van der Waals surface area (Å²) < 4.78 is 35.5. The summed E-state index contributed by atoms with van der Waals surface area (Å²) in [6, 6.07) is 0. The van der Waals surface area contributed by atoms with Gasteiger partial charge in [-0.25, -0.2) is 0 Å². The third-order valence-electron chi connectivity index (χ3n) is 2.14. The molecule has 0 aliphatic rings. The molecule has 0 amide bonds. The second-order valence-electron chi connectivity index (χ2n) is 3.89. The molecule has 0 aromatic rings. The van der Waals surface area contributed by atoms with Crippen molar-refractivity contribution in [2.24, 2.45) is 0 Å². The Labute approximate surface area is 88.7 Å². The molecule has 0 heterocycles. The average Bonchev–Trinajstić information content (AvgIpc) is 2.01. The van der Waals surface area contributed by atoms with E-state index in [0.717, 1.165) is 0 Å². The van der Waals surface area contributed by atoms with Gasteiger partial charge in [-0.15, -0.1) is 11.8 Å². The molecule has 0 fully saturated rings. The highest BCUT2D eigenvalue weighted by Gasteiger charge is 2.28. The summed E-state index contributed by atoms with van der Waals surface area (Å²) >= 11 is 0. The van der Waals surface area contributed by atoms with Gasteiger partial charge in [0.15, 0.2) is 0 Å². The van der Waals surface area contributed by atoms with E-state index in [2.05, 4.69) is 11.8 Å². The maximum atomic E-state index is 11.8. The summed E-state index contributed by atoms with van der Waals surface area (Å²) in [4.78, 5) is 0. The number of aliphatic hydroxyl groups is 1. The van der Waals surface area contributed by atoms with Crippen molar-refractivity contribution >= 4 is 0 Å². The lowest BCUT2D eigenvalue weighted by atomic mass is 9.94. The summed E-state index contributed by atoms with van der Waals surface area (Å²) in [5.74, 6) is 5.46. The molecule has 0 saturated heterocycles. The Balaban J connectivity index is 3.77. The zero-order valence-electron chi connectivity index (χ0n) is 9.12. The highest BCUT2D eigenvalue weighted by Crippen LogP contribution is 2.26. The smallest absolute Gasteiger partial charge is 0.389 e. The highest BCUT2D eigenvalue weighted by molar-refractivity contribution is 4.96. The van der Waals surface area contributed by atoms with Crippen LogP contribution in [0.1, 0.15) is 46.0 Å². The molecule has 0 rings (SSSR count). The molecule has 1 unspecified atom stereocenters. The van der Waals surface area contributed by atoms with Gasteiger partial charge in [-0.3, -0.25) is 0 Å². The summed E-state index contributed by atoms with van der Waals surface area (Å²) in [6.45, 7) is 3.25. The molecular formula is C11H17F3O. The van der Waals surface area contributed by atoms with Gasteiger partial charge in [0.25, 0.3) is 0 Å². The van der Waals surface area contributed by atoms with E-state index in [1.54, 1.807) is 13.8 Å². The minimum absolute atomic E-state index is 0.0317. The second-order valence-corrected chi connectivity index (χ2v) is 3.89. The zero-order chi connectivity index (χ0) is 11.9. The van der Waals surface area contributed by atoms with E-state index in [1.165, 1.54) is 0 Å². The van der Waals surface area contributed by atoms with Crippen molar-refractivity contribution in [2.45, 2.75) is 57.7 Å². The fraction of sp³-hybridized carbons (Fsp3) is 0.818. The van der Waals surface area contributed by atoms with Crippen LogP contribution in [0, 0.1) is 11.8 Å². The van der Waals surface area contributed by atoms with Crippen LogP contribution in [0.5, 0.6) is 0 Å². The van der Waals surface area contributed by atoms with Gasteiger partial charge in [0.1, 0.15) is 0 Å². The van der Waals surface area contributed by atoms with Crippen LogP contribution in [-0.4, -0.2) is 16.9 Å². The first kappa shape index (κ1) is 14.3. The van der Waals surface area contributed by atoms with E-state index in [0.29, 0.717) is 12.8 Å². The summed E-state index contributed by atoms with van der Waals surface area (Å²) in [7, 11) is 0. The summed E-state index contributed by atoms with van der Waals surface area (Å²) in [5.41, 5.74) is -1.03. The molecule has 0 aliphatic carbocycles. The van der Waals surface area contributed by atoms with Gasteiger partial charge in [0, 0.05) is 12.8 Å². The summed E-state index contributed by atoms with van der Waals surface area (Å²) in [6.07, 6.45) is -3.88. The van der Waals surface area contributed by atoms with Crippen LogP contribution in [-0.2, 0) is 0 Å². The number of halogens is 3. The van der Waals surface area contributed by atoms with Crippen molar-refractivity contribution in [2.75, 3.05) is 0 Å². The molecule has 0 aromatic carbocycles. The molecule has 15 heavy (non-hydrogen) atoms. The number of hydrogen-bond donors (Lipinski definition) is 1. The predicted molar refractivity (Wildman–Crippen MR) is 53.2 cm³/mol. The Morgan fingerprint density at radius 1 is 1.13 bits per heavy atom. The van der Waals surface area contributed by atoms with Crippen molar-refractivity contribution in [3.8, 4) is 11.8 Å². The lowest BCUT2D eigenvalue weighted by Crippen LogP contribution is -2.24. The van der Waals surface area contributed by atoms with Crippen LogP contribution in [0.2, 0.25) is 0 Å². The first-order valence-electron chi connectivity index (χ1n) is 4.95. The molecule has 0 spiro atoms. The van der Waals surface area contributed by atoms with Crippen molar-refractivity contribution in [3.05, 3.63) is 0 Å². The minimum Gasteiger partial charge on any atom is -0.390 e. The summed E-state index contributed by atoms with van der Waals surface area (Å²) in [5, 5.41) is 9.70. The maximum absolute atomic E-state index is 11.8. The molecule has 0 radical (unpaired) electrons. The Morgan fingerprint density at radius 2 is 1.73 bits per heavy atom. The SMILES string of the molecule is CC#CCCC(C)(O)CCCC(F)(F)F. The van der Waals surface area contributed by atoms with Gasteiger partial charge in [0.05, 0.1) is 5.60 Å². The second kappa shape index (κ2) is 6.02. The van der Waals surface area contributed by atoms with Crippen LogP contribution in [0.3, 0.4) is 0 Å². The van der Waals surface area contributed by atoms with Crippen molar-refractivity contribution in [3.63, 3.8) is 0 Å². The van der Waals surface area contributed by atoms with Crippen molar-refractivity contribution in [1.29, 1.82) is 0 Å². The molecule has 1 nitrogen and oxygen atoms in total. The number of hydrogen-bond acceptors (Lipinski definition) is 1. The molecule has 0 aromatic heterocycles. The molecule has 1 N–H and O–H groups in total. The van der Waals surface area contributed by atoms with E-state index in [-0.39, 0.29) is 12.8 Å². The van der Waals surface area contributed by atoms with Gasteiger partial charge < -0.3 is 5.11 Å². The molecule has 0 aliphatic heterocycles. The quantitative estimate of drug-likeness (QED) is 0.708. The lowest BCUT2D eigenvalue weighted by Gasteiger charge is -2.22. The molecular weight excluding hydrogens is 205 g/mol. The zero-order valence-corrected chi connectivity index (χ0v) is 9.12. The third-order valence-corrected chi connectivity index (χ3v) is 2.14. The van der Waals surface area contributed by atoms with E-state index in [9.17, 15) is 18.3 Å². The maximum Gasteiger partial charge on any atom is 0.389 e. The van der Waals surface area contributed by atoms with Crippen LogP contribution < -0.4 is 0 Å². The fourth-order valence-corrected chi connectivity index (χ4v) is 1.25. The standard InChI is InChI=1S/C11H17F3O/c1-3-4-5-7-10(2,15)8-6-9-11(12,13)14/h15H,5-9H2,1-2H3. The van der Waals surface area contributed by atoms with E-state index >= 15 is 0 Å². The largest absolute Gasteiger partial charge is 0.390 e. The van der Waals surface area contributed by atoms with E-state index < -0.39 is 18.2 Å². The van der Waals surface area contributed by atoms with Gasteiger partial charge in [-0.05, 0) is 33.1 Å². The van der Waals surface area contributed by atoms with Crippen molar-refractivity contribution in [1.82, 2.24) is 0 Å². The first-order valence-corrected chi connectivity index (χ1v) is 4.95. The number of rotatable bonds is 5. The molecule has 0 bridgehead atoms. The first-order chi connectivity index (χ1) is 6.77. The molecule has 88 valence electrons. The Kier molecular flexibility index (Phi) is 5.74. The average molecular weight is 222 g/mol. The normalized spacial score (nSPS) is 15.3. The van der Waals surface area contributed by atoms with E-state index in [1.807, 2.05) is 0 Å². The van der Waals surface area contributed by atoms with Gasteiger partial charge in [-0.2, -0.15) is 13.2 Å². The number of alkyl halides is 3. The van der Waals surface area contributed by atoms with Crippen LogP contribution in [0.25, 0.3) is 0 Å². The topological polar surface area (TPSA) is 20.2 Å².